The molecule has 107 heavy (non-hydrogen) atoms. The van der Waals surface area contributed by atoms with Gasteiger partial charge in [-0.2, -0.15) is 0 Å². The maximum absolute atomic E-state index is 14.0. The molecule has 6 saturated carbocycles. The first kappa shape index (κ1) is 75.6. The Morgan fingerprint density at radius 2 is 0.729 bits per heavy atom. The number of carbonyl (C=O) groups is 6. The summed E-state index contributed by atoms with van der Waals surface area (Å²) in [5.74, 6) is -1.20. The number of rotatable bonds is 7. The number of ether oxygens (including phenoxy) is 4. The van der Waals surface area contributed by atoms with Gasteiger partial charge in [-0.1, -0.05) is 236 Å². The first-order chi connectivity index (χ1) is 51.3. The topological polar surface area (TPSA) is 170 Å². The molecule has 2 unspecified atom stereocenters. The Morgan fingerprint density at radius 3 is 1.07 bits per heavy atom. The van der Waals surface area contributed by atoms with Crippen LogP contribution in [0, 0.1) is 34.8 Å². The Hall–Kier alpha value is -8.16. The Morgan fingerprint density at radius 1 is 0.411 bits per heavy atom. The van der Waals surface area contributed by atoms with Crippen LogP contribution < -0.4 is 5.32 Å². The molecule has 2 saturated heterocycles. The summed E-state index contributed by atoms with van der Waals surface area (Å²) in [5, 5.41) is 3.04. The second-order valence-corrected chi connectivity index (χ2v) is 34.9. The molecule has 560 valence electrons. The van der Waals surface area contributed by atoms with Crippen molar-refractivity contribution in [2.75, 3.05) is 52.6 Å². The Kier molecular flexibility index (Phi) is 20.5. The molecule has 0 aromatic heterocycles. The predicted octanol–water partition coefficient (Wildman–Crippen LogP) is 15.6. The molecule has 8 fully saturated rings. The van der Waals surface area contributed by atoms with Crippen LogP contribution in [0.1, 0.15) is 180 Å². The van der Waals surface area contributed by atoms with Gasteiger partial charge in [-0.05, 0) is 128 Å². The zero-order valence-electron chi connectivity index (χ0n) is 63.5. The van der Waals surface area contributed by atoms with E-state index in [1.54, 1.807) is 12.2 Å². The maximum atomic E-state index is 14.0. The number of hydrogen-bond donors (Lipinski definition) is 1. The number of hydrogen-bond acceptors (Lipinski definition) is 10. The predicted molar refractivity (Wildman–Crippen MR) is 415 cm³/mol. The van der Waals surface area contributed by atoms with Gasteiger partial charge in [0.2, 0.25) is 35.0 Å². The van der Waals surface area contributed by atoms with Crippen LogP contribution in [-0.4, -0.2) is 137 Å². The van der Waals surface area contributed by atoms with Crippen molar-refractivity contribution in [2.24, 2.45) is 21.7 Å². The third-order valence-electron chi connectivity index (χ3n) is 26.9. The Labute approximate surface area is 640 Å². The Bertz CT molecular complexity index is 4270. The third kappa shape index (κ3) is 12.1. The van der Waals surface area contributed by atoms with Crippen molar-refractivity contribution in [2.45, 2.75) is 214 Å². The number of ketones is 2. The van der Waals surface area contributed by atoms with E-state index in [0.29, 0.717) is 65.1 Å². The number of nitrogens with zero attached hydrogens (tertiary/aromatic N) is 5. The molecule has 14 aliphatic rings. The van der Waals surface area contributed by atoms with E-state index in [9.17, 15) is 28.8 Å². The van der Waals surface area contributed by atoms with Gasteiger partial charge in [0.25, 0.3) is 0 Å². The van der Waals surface area contributed by atoms with Crippen molar-refractivity contribution in [3.05, 3.63) is 237 Å². The van der Waals surface area contributed by atoms with E-state index < -0.39 is 44.1 Å². The molecule has 4 aromatic carbocycles. The quantitative estimate of drug-likeness (QED) is 0.107. The summed E-state index contributed by atoms with van der Waals surface area (Å²) in [6.45, 7) is 36.0. The minimum absolute atomic E-state index is 0.00706. The highest BCUT2D eigenvalue weighted by Gasteiger charge is 2.67. The molecule has 4 amide bonds. The fourth-order valence-electron chi connectivity index (χ4n) is 20.0. The van der Waals surface area contributed by atoms with Crippen LogP contribution in [0.2, 0.25) is 0 Å². The second kappa shape index (κ2) is 29.0. The summed E-state index contributed by atoms with van der Waals surface area (Å²) in [5.41, 5.74) is 2.21. The van der Waals surface area contributed by atoms with E-state index >= 15 is 0 Å². The monoisotopic (exact) mass is 1510 g/mol. The highest BCUT2D eigenvalue weighted by Crippen LogP contribution is 2.63. The van der Waals surface area contributed by atoms with Crippen molar-refractivity contribution < 1.29 is 47.7 Å². The number of allylic oxidation sites excluding steroid dienone is 2. The number of alkyl halides is 1. The molecule has 2 spiro atoms. The first-order valence-electron chi connectivity index (χ1n) is 39.1. The van der Waals surface area contributed by atoms with Crippen molar-refractivity contribution in [1.82, 2.24) is 20.0 Å². The van der Waals surface area contributed by atoms with Gasteiger partial charge in [-0.25, -0.2) is 9.69 Å². The number of Topliss-reactive ketones (excluding diaryl/α,β-unsaturated/α-hetero) is 2. The molecule has 1 N–H and O–H groups in total. The molecule has 17 heteroatoms. The van der Waals surface area contributed by atoms with Crippen LogP contribution in [0.5, 0.6) is 0 Å². The van der Waals surface area contributed by atoms with Crippen LogP contribution in [-0.2, 0) is 69.4 Å². The van der Waals surface area contributed by atoms with Crippen LogP contribution >= 0.6 is 15.9 Å². The first-order valence-corrected chi connectivity index (χ1v) is 40.0. The van der Waals surface area contributed by atoms with Crippen LogP contribution in [0.4, 0.5) is 0 Å². The van der Waals surface area contributed by atoms with Crippen LogP contribution in [0.25, 0.3) is 9.69 Å². The third-order valence-corrected chi connectivity index (χ3v) is 27.8. The minimum atomic E-state index is -1.05. The van der Waals surface area contributed by atoms with Gasteiger partial charge in [0.1, 0.15) is 10.8 Å². The van der Waals surface area contributed by atoms with Gasteiger partial charge in [0.15, 0.2) is 23.1 Å². The second-order valence-electron chi connectivity index (χ2n) is 33.6. The van der Waals surface area contributed by atoms with Gasteiger partial charge in [0, 0.05) is 83.6 Å². The lowest BCUT2D eigenvalue weighted by atomic mass is 9.53. The van der Waals surface area contributed by atoms with E-state index in [1.165, 1.54) is 31.3 Å². The van der Waals surface area contributed by atoms with Gasteiger partial charge >= 0.3 is 0 Å². The summed E-state index contributed by atoms with van der Waals surface area (Å²) in [6, 6.07) is 40.6. The smallest absolute Gasteiger partial charge is 0.240 e. The van der Waals surface area contributed by atoms with Crippen molar-refractivity contribution >= 4 is 51.1 Å². The molecule has 6 aliphatic heterocycles. The zero-order valence-corrected chi connectivity index (χ0v) is 65.1. The SMILES string of the molecule is BrC1CCC1.CC1(C)C2=CCN(C3CCC3)C(=O)C2(c2ccccc2)CCC12OCCO2.CC1(C)C2=CCNC(=O)C2(c2ccccc2)CCC12OCCO2.[C-]#[N+]C1=C[C@@]2(c3ccccc3)C(=O)N(C3CCC3)CC=C2C(C)(C)C1=O.[C-]#[N+]C1=C[C@]2(c3ccccc3)C(=O)N(C3CCC3)CC=C2C(C)(C)C1=O. The number of carbonyl (C=O) groups excluding carboxylic acids is 6. The molecule has 18 rings (SSSR count). The lowest BCUT2D eigenvalue weighted by Crippen LogP contribution is -2.64. The molecule has 6 heterocycles. The highest BCUT2D eigenvalue weighted by molar-refractivity contribution is 9.09. The van der Waals surface area contributed by atoms with E-state index in [0.717, 1.165) is 114 Å². The molecular weight excluding hydrogens is 1400 g/mol. The summed E-state index contributed by atoms with van der Waals surface area (Å²) in [4.78, 5) is 94.2. The van der Waals surface area contributed by atoms with E-state index in [4.69, 9.17) is 32.1 Å². The van der Waals surface area contributed by atoms with Crippen LogP contribution in [0.15, 0.2) is 191 Å². The highest BCUT2D eigenvalue weighted by atomic mass is 79.9. The van der Waals surface area contributed by atoms with E-state index in [1.807, 2.05) is 122 Å². The molecule has 0 radical (unpaired) electrons. The number of amides is 4. The summed E-state index contributed by atoms with van der Waals surface area (Å²) >= 11 is 3.46. The summed E-state index contributed by atoms with van der Waals surface area (Å²) < 4.78 is 24.5. The molecule has 4 atom stereocenters. The largest absolute Gasteiger partial charge is 0.352 e. The van der Waals surface area contributed by atoms with Crippen molar-refractivity contribution in [3.63, 3.8) is 0 Å². The number of benzene rings is 4. The fourth-order valence-corrected chi connectivity index (χ4v) is 20.6. The van der Waals surface area contributed by atoms with Crippen LogP contribution in [0.3, 0.4) is 0 Å². The zero-order chi connectivity index (χ0) is 75.6. The number of fused-ring (bicyclic) bond motifs is 4. The van der Waals surface area contributed by atoms with E-state index in [2.05, 4.69) is 124 Å². The average Bonchev–Trinajstić information content (AvgIpc) is 1.59. The lowest BCUT2D eigenvalue weighted by molar-refractivity contribution is -0.236. The normalized spacial score (nSPS) is 29.6. The van der Waals surface area contributed by atoms with Gasteiger partial charge < -0.3 is 48.6 Å². The average molecular weight is 1510 g/mol. The van der Waals surface area contributed by atoms with Gasteiger partial charge in [-0.3, -0.25) is 19.2 Å². The van der Waals surface area contributed by atoms with Crippen molar-refractivity contribution in [3.8, 4) is 0 Å². The Balaban J connectivity index is 0.000000117. The van der Waals surface area contributed by atoms with E-state index in [-0.39, 0.29) is 69.5 Å². The maximum Gasteiger partial charge on any atom is 0.240 e. The lowest BCUT2D eigenvalue weighted by Gasteiger charge is -2.58. The number of halogens is 1. The van der Waals surface area contributed by atoms with Gasteiger partial charge in [-0.15, -0.1) is 0 Å². The molecule has 16 nitrogen and oxygen atoms in total. The summed E-state index contributed by atoms with van der Waals surface area (Å²) in [6.07, 6.45) is 28.9. The molecular formula is C90H103BrN6O10. The molecule has 0 bridgehead atoms. The standard InChI is InChI=1S/C23H29NO3.2C22H22N2O2.C19H23NO3.C4H7Br/c1-21(2)19-11-14-24(18-9-6-10-18)20(25)22(19,17-7-4-3-5-8-17)12-13-23(21)26-15-16-27-23;2*1-21(2)18-12-13-24(16-10-7-11-16)20(26)22(18,14-17(23-3)19(21)25)15-8-5-4-6-9-15;1-17(2)15-8-11-20-16(21)18(15,14-6-4-3-5-7-14)9-10-19(17)22-12-13-23-19;5-4-2-1-3-4/h3-5,7-8,11,18H,6,9-10,12-16H2,1-2H3;2*4-6,8-9,12,14,16H,7,10-11,13H2,1-2H3;3-8H,9-13H2,1-2H3,(H,20,21);4H,1-3H2/t;2*22-;;/m.10../s1. The molecule has 4 aromatic rings. The summed E-state index contributed by atoms with van der Waals surface area (Å²) in [7, 11) is 0. The van der Waals surface area contributed by atoms with Crippen molar-refractivity contribution in [1.29, 1.82) is 0 Å². The van der Waals surface area contributed by atoms with Gasteiger partial charge in [0.05, 0.1) is 50.4 Å². The number of nitrogens with one attached hydrogen (secondary N) is 1. The fraction of sp³-hybridized carbons (Fsp3) is 0.511. The molecule has 8 aliphatic carbocycles. The minimum Gasteiger partial charge on any atom is -0.352 e.